The van der Waals surface area contributed by atoms with E-state index in [2.05, 4.69) is 15.6 Å². The number of halogens is 5. The normalized spacial score (nSPS) is 24.8. The van der Waals surface area contributed by atoms with Crippen molar-refractivity contribution in [2.45, 2.75) is 53.9 Å². The predicted molar refractivity (Wildman–Crippen MR) is 153 cm³/mol. The minimum atomic E-state index is -1.64. The summed E-state index contributed by atoms with van der Waals surface area (Å²) in [6.45, 7) is 1.27. The van der Waals surface area contributed by atoms with Crippen LogP contribution in [0.3, 0.4) is 0 Å². The summed E-state index contributed by atoms with van der Waals surface area (Å²) in [6, 6.07) is 5.17. The van der Waals surface area contributed by atoms with E-state index >= 15 is 0 Å². The predicted octanol–water partition coefficient (Wildman–Crippen LogP) is 2.60. The molecule has 2 fully saturated rings. The van der Waals surface area contributed by atoms with E-state index in [0.29, 0.717) is 23.0 Å². The zero-order valence-corrected chi connectivity index (χ0v) is 25.3. The van der Waals surface area contributed by atoms with Crippen LogP contribution < -0.4 is 5.32 Å². The highest BCUT2D eigenvalue weighted by Gasteiger charge is 2.48. The fourth-order valence-electron chi connectivity index (χ4n) is 4.97. The van der Waals surface area contributed by atoms with E-state index in [0.717, 1.165) is 23.9 Å². The van der Waals surface area contributed by atoms with E-state index in [1.54, 1.807) is 25.1 Å². The van der Waals surface area contributed by atoms with Crippen LogP contribution in [-0.4, -0.2) is 103 Å². The molecule has 238 valence electrons. The number of carbonyl (C=O) groups excluding carboxylic acids is 1. The lowest BCUT2D eigenvalue weighted by molar-refractivity contribution is -0.196. The standard InChI is InChI=1S/C27H28Cl2F3N5O6S/c1-12(39)33-14-7-36(8-14)22(40)11-42-26-24(37-9-20(34-35-37)13-4-18(30)23(32)19(31)5-13)25(41)21(10-38)43-27(26)44-15-2-3-16(28)17(29)6-15/h2-6,9,12,14,21,24-27,33,38-39,41H,7-8,10-11H2,1H3/t12?,21-,24+,25+,26-,27-/m1/s1. The van der Waals surface area contributed by atoms with E-state index in [9.17, 15) is 33.3 Å². The third kappa shape index (κ3) is 7.16. The number of nitrogens with one attached hydrogen (secondary N) is 1. The quantitative estimate of drug-likeness (QED) is 0.187. The van der Waals surface area contributed by atoms with Gasteiger partial charge in [0.15, 0.2) is 17.5 Å². The first kappa shape index (κ1) is 32.9. The average molecular weight is 679 g/mol. The zero-order valence-electron chi connectivity index (χ0n) is 23.0. The second-order valence-corrected chi connectivity index (χ2v) is 12.3. The molecule has 11 nitrogen and oxygen atoms in total. The van der Waals surface area contributed by atoms with Crippen LogP contribution in [0.25, 0.3) is 11.3 Å². The van der Waals surface area contributed by atoms with Gasteiger partial charge >= 0.3 is 0 Å². The third-order valence-corrected chi connectivity index (χ3v) is 9.05. The molecule has 3 heterocycles. The third-order valence-electron chi connectivity index (χ3n) is 7.17. The molecule has 0 bridgehead atoms. The number of carbonyl (C=O) groups is 1. The summed E-state index contributed by atoms with van der Waals surface area (Å²) in [5, 5.41) is 42.3. The van der Waals surface area contributed by atoms with Crippen LogP contribution in [0.15, 0.2) is 41.4 Å². The SMILES string of the molecule is CC(O)NC1CN(C(=O)CO[C@@H]2[C@@H](n3cc(-c4cc(F)c(F)c(F)c4)nn3)[C@@H](O)[C@@H](CO)O[C@@H]2Sc2ccc(Cl)c(Cl)c2)C1. The maximum Gasteiger partial charge on any atom is 0.248 e. The Morgan fingerprint density at radius 3 is 2.55 bits per heavy atom. The van der Waals surface area contributed by atoms with Gasteiger partial charge in [-0.1, -0.05) is 40.2 Å². The van der Waals surface area contributed by atoms with Gasteiger partial charge in [-0.25, -0.2) is 17.9 Å². The van der Waals surface area contributed by atoms with Crippen molar-refractivity contribution < 1.29 is 42.8 Å². The van der Waals surface area contributed by atoms with Crippen LogP contribution in [0, 0.1) is 17.5 Å². The summed E-state index contributed by atoms with van der Waals surface area (Å²) in [5.41, 5.74) is -1.09. The molecule has 17 heteroatoms. The molecule has 0 radical (unpaired) electrons. The van der Waals surface area contributed by atoms with Crippen molar-refractivity contribution in [3.8, 4) is 11.3 Å². The van der Waals surface area contributed by atoms with E-state index in [4.69, 9.17) is 32.7 Å². The second kappa shape index (κ2) is 13.9. The van der Waals surface area contributed by atoms with Crippen molar-refractivity contribution in [2.24, 2.45) is 0 Å². The molecular weight excluding hydrogens is 650 g/mol. The van der Waals surface area contributed by atoms with Crippen LogP contribution in [0.2, 0.25) is 10.0 Å². The number of ether oxygens (including phenoxy) is 2. The van der Waals surface area contributed by atoms with Gasteiger partial charge in [-0.3, -0.25) is 10.1 Å². The Morgan fingerprint density at radius 2 is 1.91 bits per heavy atom. The molecule has 5 rings (SSSR count). The number of likely N-dealkylation sites (tertiary alicyclic amines) is 1. The van der Waals surface area contributed by atoms with E-state index in [1.807, 2.05) is 0 Å². The molecule has 3 aromatic rings. The number of benzene rings is 2. The van der Waals surface area contributed by atoms with Gasteiger partial charge < -0.3 is 29.7 Å². The highest BCUT2D eigenvalue weighted by molar-refractivity contribution is 7.99. The Balaban J connectivity index is 1.44. The minimum Gasteiger partial charge on any atom is -0.394 e. The van der Waals surface area contributed by atoms with Crippen molar-refractivity contribution in [2.75, 3.05) is 26.3 Å². The van der Waals surface area contributed by atoms with Gasteiger partial charge in [-0.05, 0) is 37.3 Å². The molecule has 6 atom stereocenters. The number of hydrogen-bond acceptors (Lipinski definition) is 10. The van der Waals surface area contributed by atoms with Gasteiger partial charge in [-0.2, -0.15) is 0 Å². The van der Waals surface area contributed by atoms with Crippen LogP contribution >= 0.6 is 35.0 Å². The van der Waals surface area contributed by atoms with Gasteiger partial charge in [0.1, 0.15) is 48.3 Å². The first-order valence-electron chi connectivity index (χ1n) is 13.4. The van der Waals surface area contributed by atoms with Crippen LogP contribution in [-0.2, 0) is 14.3 Å². The molecular formula is C27H28Cl2F3N5O6S. The molecule has 2 aliphatic rings. The molecule has 0 aliphatic carbocycles. The molecule has 1 aromatic heterocycles. The van der Waals surface area contributed by atoms with Crippen LogP contribution in [0.4, 0.5) is 13.2 Å². The van der Waals surface area contributed by atoms with Crippen molar-refractivity contribution in [3.05, 3.63) is 64.0 Å². The Hall–Kier alpha value is -2.47. The number of aliphatic hydroxyl groups is 3. The first-order chi connectivity index (χ1) is 20.9. The Bertz CT molecular complexity index is 1480. The first-order valence-corrected chi connectivity index (χ1v) is 15.0. The monoisotopic (exact) mass is 677 g/mol. The molecule has 44 heavy (non-hydrogen) atoms. The van der Waals surface area contributed by atoms with Gasteiger partial charge in [0.25, 0.3) is 0 Å². The lowest BCUT2D eigenvalue weighted by Gasteiger charge is -2.44. The van der Waals surface area contributed by atoms with Gasteiger partial charge in [0.2, 0.25) is 5.91 Å². The van der Waals surface area contributed by atoms with Gasteiger partial charge in [0.05, 0.1) is 22.8 Å². The van der Waals surface area contributed by atoms with Crippen molar-refractivity contribution in [3.63, 3.8) is 0 Å². The topological polar surface area (TPSA) is 142 Å². The van der Waals surface area contributed by atoms with Crippen molar-refractivity contribution in [1.82, 2.24) is 25.2 Å². The molecule has 2 saturated heterocycles. The molecule has 1 unspecified atom stereocenters. The number of aliphatic hydroxyl groups excluding tert-OH is 3. The lowest BCUT2D eigenvalue weighted by atomic mass is 9.97. The maximum absolute atomic E-state index is 13.9. The summed E-state index contributed by atoms with van der Waals surface area (Å²) < 4.78 is 54.7. The van der Waals surface area contributed by atoms with Crippen molar-refractivity contribution >= 4 is 40.9 Å². The molecule has 2 aliphatic heterocycles. The van der Waals surface area contributed by atoms with Crippen molar-refractivity contribution in [1.29, 1.82) is 0 Å². The summed E-state index contributed by atoms with van der Waals surface area (Å²) in [5.74, 6) is -4.84. The number of rotatable bonds is 10. The molecule has 1 amide bonds. The minimum absolute atomic E-state index is 0.0391. The fourth-order valence-corrected chi connectivity index (χ4v) is 6.50. The highest BCUT2D eigenvalue weighted by Crippen LogP contribution is 2.41. The number of aromatic nitrogens is 3. The smallest absolute Gasteiger partial charge is 0.248 e. The average Bonchev–Trinajstić information content (AvgIpc) is 3.44. The molecule has 4 N–H and O–H groups in total. The second-order valence-electron chi connectivity index (χ2n) is 10.4. The summed E-state index contributed by atoms with van der Waals surface area (Å²) in [7, 11) is 0. The maximum atomic E-state index is 13.9. The van der Waals surface area contributed by atoms with Gasteiger partial charge in [0, 0.05) is 29.6 Å². The van der Waals surface area contributed by atoms with Crippen LogP contribution in [0.5, 0.6) is 0 Å². The van der Waals surface area contributed by atoms with E-state index in [1.165, 1.54) is 15.8 Å². The van der Waals surface area contributed by atoms with Gasteiger partial charge in [-0.15, -0.1) is 5.10 Å². The Morgan fingerprint density at radius 1 is 1.20 bits per heavy atom. The Labute approximate surface area is 263 Å². The summed E-state index contributed by atoms with van der Waals surface area (Å²) >= 11 is 13.4. The zero-order chi connectivity index (χ0) is 31.7. The number of amides is 1. The summed E-state index contributed by atoms with van der Waals surface area (Å²) in [6.07, 6.45) is -3.12. The highest BCUT2D eigenvalue weighted by atomic mass is 35.5. The summed E-state index contributed by atoms with van der Waals surface area (Å²) in [4.78, 5) is 15.1. The van der Waals surface area contributed by atoms with E-state index < -0.39 is 66.7 Å². The number of nitrogens with zero attached hydrogens (tertiary/aromatic N) is 4. The molecule has 2 aromatic carbocycles. The number of thioether (sulfide) groups is 1. The molecule has 0 spiro atoms. The van der Waals surface area contributed by atoms with Crippen LogP contribution in [0.1, 0.15) is 13.0 Å². The largest absolute Gasteiger partial charge is 0.394 e. The fraction of sp³-hybridized carbons (Fsp3) is 0.444. The van der Waals surface area contributed by atoms with E-state index in [-0.39, 0.29) is 28.2 Å². The molecule has 0 saturated carbocycles. The Kier molecular flexibility index (Phi) is 10.4. The number of hydrogen-bond donors (Lipinski definition) is 4. The lowest BCUT2D eigenvalue weighted by Crippen LogP contribution is -2.62.